The highest BCUT2D eigenvalue weighted by Gasteiger charge is 2.11. The molecule has 7 nitrogen and oxygen atoms in total. The third kappa shape index (κ3) is 3.47. The number of pyridine rings is 1. The molecule has 134 valence electrons. The van der Waals surface area contributed by atoms with Crippen molar-refractivity contribution in [3.05, 3.63) is 77.2 Å². The molecule has 0 saturated heterocycles. The lowest BCUT2D eigenvalue weighted by atomic mass is 10.1. The van der Waals surface area contributed by atoms with Crippen molar-refractivity contribution >= 4 is 18.4 Å². The maximum atomic E-state index is 5.26. The van der Waals surface area contributed by atoms with E-state index in [1.807, 2.05) is 60.3 Å². The van der Waals surface area contributed by atoms with Crippen molar-refractivity contribution in [2.24, 2.45) is 5.10 Å². The highest BCUT2D eigenvalue weighted by Crippen LogP contribution is 2.22. The van der Waals surface area contributed by atoms with E-state index in [1.165, 1.54) is 0 Å². The molecule has 0 atom stereocenters. The lowest BCUT2D eigenvalue weighted by Gasteiger charge is -2.00. The summed E-state index contributed by atoms with van der Waals surface area (Å²) in [5, 5.41) is 16.2. The third-order valence-electron chi connectivity index (χ3n) is 4.04. The number of para-hydroxylation sites is 1. The zero-order valence-corrected chi connectivity index (χ0v) is 15.5. The van der Waals surface area contributed by atoms with Gasteiger partial charge in [-0.3, -0.25) is 10.1 Å². The number of aromatic amines is 1. The average molecular weight is 375 g/mol. The molecular weight excluding hydrogens is 358 g/mol. The fraction of sp³-hybridized carbons (Fsp3) is 0.105. The van der Waals surface area contributed by atoms with Crippen LogP contribution >= 0.6 is 12.2 Å². The van der Waals surface area contributed by atoms with Crippen LogP contribution in [0.2, 0.25) is 0 Å². The van der Waals surface area contributed by atoms with E-state index in [0.717, 1.165) is 34.8 Å². The first kappa shape index (κ1) is 17.0. The maximum Gasteiger partial charge on any atom is 0.216 e. The molecule has 4 rings (SSSR count). The Hall–Kier alpha value is -3.39. The number of nitrogens with one attached hydrogen (secondary N) is 1. The monoisotopic (exact) mass is 375 g/mol. The number of benzene rings is 1. The Morgan fingerprint density at radius 2 is 2.04 bits per heavy atom. The SMILES string of the molecule is CCc1n[nH]c(=S)n1/N=C/c1cn(-c2ccccc2)nc1-c1cccnc1. The first-order valence-electron chi connectivity index (χ1n) is 8.52. The van der Waals surface area contributed by atoms with Crippen molar-refractivity contribution in [3.8, 4) is 16.9 Å². The van der Waals surface area contributed by atoms with Gasteiger partial charge in [-0.2, -0.15) is 20.0 Å². The molecule has 0 aliphatic heterocycles. The second-order valence-corrected chi connectivity index (χ2v) is 6.20. The average Bonchev–Trinajstić information content (AvgIpc) is 3.31. The number of aryl methyl sites for hydroxylation is 1. The summed E-state index contributed by atoms with van der Waals surface area (Å²) in [7, 11) is 0. The van der Waals surface area contributed by atoms with Gasteiger partial charge < -0.3 is 0 Å². The summed E-state index contributed by atoms with van der Waals surface area (Å²) >= 11 is 5.26. The molecule has 0 spiro atoms. The molecule has 0 unspecified atom stereocenters. The smallest absolute Gasteiger partial charge is 0.216 e. The molecule has 0 radical (unpaired) electrons. The topological polar surface area (TPSA) is 76.7 Å². The maximum absolute atomic E-state index is 5.26. The molecule has 1 N–H and O–H groups in total. The van der Waals surface area contributed by atoms with Crippen molar-refractivity contribution in [3.63, 3.8) is 0 Å². The Balaban J connectivity index is 1.81. The fourth-order valence-corrected chi connectivity index (χ4v) is 2.91. The zero-order valence-electron chi connectivity index (χ0n) is 14.6. The van der Waals surface area contributed by atoms with Gasteiger partial charge in [-0.15, -0.1) is 0 Å². The van der Waals surface area contributed by atoms with E-state index in [1.54, 1.807) is 23.3 Å². The van der Waals surface area contributed by atoms with Gasteiger partial charge in [-0.05, 0) is 36.5 Å². The van der Waals surface area contributed by atoms with Crippen LogP contribution in [0.3, 0.4) is 0 Å². The quantitative estimate of drug-likeness (QED) is 0.427. The van der Waals surface area contributed by atoms with Crippen LogP contribution in [0.1, 0.15) is 18.3 Å². The van der Waals surface area contributed by atoms with Crippen molar-refractivity contribution in [1.29, 1.82) is 0 Å². The number of hydrogen-bond acceptors (Lipinski definition) is 5. The van der Waals surface area contributed by atoms with E-state index in [2.05, 4.69) is 20.3 Å². The van der Waals surface area contributed by atoms with Crippen LogP contribution in [-0.2, 0) is 6.42 Å². The predicted molar refractivity (Wildman–Crippen MR) is 107 cm³/mol. The molecular formula is C19H17N7S. The Morgan fingerprint density at radius 1 is 1.19 bits per heavy atom. The summed E-state index contributed by atoms with van der Waals surface area (Å²) in [4.78, 5) is 4.21. The molecule has 4 aromatic rings. The van der Waals surface area contributed by atoms with Crippen LogP contribution in [0, 0.1) is 4.77 Å². The minimum absolute atomic E-state index is 0.460. The fourth-order valence-electron chi connectivity index (χ4n) is 2.71. The Morgan fingerprint density at radius 3 is 2.78 bits per heavy atom. The number of rotatable bonds is 5. The highest BCUT2D eigenvalue weighted by molar-refractivity contribution is 7.71. The molecule has 27 heavy (non-hydrogen) atoms. The molecule has 0 saturated carbocycles. The minimum atomic E-state index is 0.460. The van der Waals surface area contributed by atoms with Crippen LogP contribution in [0.15, 0.2) is 66.2 Å². The van der Waals surface area contributed by atoms with Gasteiger partial charge >= 0.3 is 0 Å². The van der Waals surface area contributed by atoms with Crippen LogP contribution in [0.5, 0.6) is 0 Å². The van der Waals surface area contributed by atoms with Crippen LogP contribution in [0.4, 0.5) is 0 Å². The number of aromatic nitrogens is 6. The largest absolute Gasteiger partial charge is 0.264 e. The Kier molecular flexibility index (Phi) is 4.71. The van der Waals surface area contributed by atoms with Gasteiger partial charge in [0.25, 0.3) is 0 Å². The summed E-state index contributed by atoms with van der Waals surface area (Å²) in [6.07, 6.45) is 7.94. The number of hydrogen-bond donors (Lipinski definition) is 1. The predicted octanol–water partition coefficient (Wildman–Crippen LogP) is 3.63. The Bertz CT molecular complexity index is 1120. The van der Waals surface area contributed by atoms with E-state index in [0.29, 0.717) is 4.77 Å². The molecule has 0 amide bonds. The molecule has 1 aromatic carbocycles. The van der Waals surface area contributed by atoms with Crippen LogP contribution < -0.4 is 0 Å². The van der Waals surface area contributed by atoms with Gasteiger partial charge in [0, 0.05) is 36.1 Å². The lowest BCUT2D eigenvalue weighted by molar-refractivity contribution is 0.780. The summed E-state index contributed by atoms with van der Waals surface area (Å²) in [5.41, 5.74) is 3.54. The van der Waals surface area contributed by atoms with Crippen LogP contribution in [-0.4, -0.2) is 35.9 Å². The molecule has 0 fully saturated rings. The molecule has 3 heterocycles. The molecule has 0 bridgehead atoms. The summed E-state index contributed by atoms with van der Waals surface area (Å²) < 4.78 is 3.92. The zero-order chi connectivity index (χ0) is 18.6. The van der Waals surface area contributed by atoms with Gasteiger partial charge in [0.2, 0.25) is 4.77 Å². The normalized spacial score (nSPS) is 11.3. The van der Waals surface area contributed by atoms with Crippen LogP contribution in [0.25, 0.3) is 16.9 Å². The standard InChI is InChI=1S/C19H17N7S/c1-2-17-22-23-19(27)26(17)21-12-15-13-25(16-8-4-3-5-9-16)24-18(15)14-7-6-10-20-11-14/h3-13H,2H2,1H3,(H,23,27)/b21-12+. The summed E-state index contributed by atoms with van der Waals surface area (Å²) in [6.45, 7) is 2.01. The molecule has 3 aromatic heterocycles. The molecule has 0 aliphatic carbocycles. The van der Waals surface area contributed by atoms with Gasteiger partial charge in [0.15, 0.2) is 5.82 Å². The van der Waals surface area contributed by atoms with Gasteiger partial charge in [-0.1, -0.05) is 25.1 Å². The lowest BCUT2D eigenvalue weighted by Crippen LogP contribution is -1.97. The first-order valence-corrected chi connectivity index (χ1v) is 8.93. The second kappa shape index (κ2) is 7.46. The van der Waals surface area contributed by atoms with E-state index >= 15 is 0 Å². The van der Waals surface area contributed by atoms with E-state index in [4.69, 9.17) is 17.3 Å². The van der Waals surface area contributed by atoms with Gasteiger partial charge in [0.05, 0.1) is 11.9 Å². The van der Waals surface area contributed by atoms with Crippen molar-refractivity contribution < 1.29 is 0 Å². The third-order valence-corrected chi connectivity index (χ3v) is 4.31. The van der Waals surface area contributed by atoms with Crippen molar-refractivity contribution in [2.75, 3.05) is 0 Å². The van der Waals surface area contributed by atoms with Gasteiger partial charge in [-0.25, -0.2) is 4.68 Å². The summed E-state index contributed by atoms with van der Waals surface area (Å²) in [5.74, 6) is 0.773. The minimum Gasteiger partial charge on any atom is -0.264 e. The Labute approximate surface area is 161 Å². The first-order chi connectivity index (χ1) is 13.3. The van der Waals surface area contributed by atoms with Gasteiger partial charge in [0.1, 0.15) is 5.69 Å². The number of H-pyrrole nitrogens is 1. The molecule has 8 heteroatoms. The highest BCUT2D eigenvalue weighted by atomic mass is 32.1. The second-order valence-electron chi connectivity index (χ2n) is 5.81. The van der Waals surface area contributed by atoms with Crippen molar-refractivity contribution in [1.82, 2.24) is 29.6 Å². The molecule has 0 aliphatic rings. The van der Waals surface area contributed by atoms with E-state index in [9.17, 15) is 0 Å². The van der Waals surface area contributed by atoms with E-state index in [-0.39, 0.29) is 0 Å². The van der Waals surface area contributed by atoms with Crippen molar-refractivity contribution in [2.45, 2.75) is 13.3 Å². The number of nitrogens with zero attached hydrogens (tertiary/aromatic N) is 6. The van der Waals surface area contributed by atoms with E-state index < -0.39 is 0 Å². The summed E-state index contributed by atoms with van der Waals surface area (Å²) in [6, 6.07) is 13.8.